The lowest BCUT2D eigenvalue weighted by Gasteiger charge is -2.01. The molecule has 0 aliphatic rings. The van der Waals surface area contributed by atoms with E-state index in [0.717, 1.165) is 4.47 Å². The maximum absolute atomic E-state index is 6.01. The Morgan fingerprint density at radius 2 is 1.80 bits per heavy atom. The Kier molecular flexibility index (Phi) is 2.93. The molecule has 0 saturated carbocycles. The van der Waals surface area contributed by atoms with Crippen molar-refractivity contribution in [2.45, 2.75) is 6.92 Å². The van der Waals surface area contributed by atoms with Crippen LogP contribution in [0.4, 0.5) is 0 Å². The van der Waals surface area contributed by atoms with E-state index in [-0.39, 0.29) is 0 Å². The summed E-state index contributed by atoms with van der Waals surface area (Å²) in [6, 6.07) is 5.45. The van der Waals surface area contributed by atoms with Crippen LogP contribution in [-0.4, -0.2) is 20.4 Å². The average molecular weight is 286 g/mol. The molecule has 0 saturated heterocycles. The van der Waals surface area contributed by atoms with Crippen LogP contribution < -0.4 is 0 Å². The second-order valence-electron chi connectivity index (χ2n) is 2.89. The molecule has 2 rings (SSSR count). The molecule has 0 fully saturated rings. The molecule has 0 radical (unpaired) electrons. The first-order valence-electron chi connectivity index (χ1n) is 4.16. The molecular formula is C9H6BrClN4. The quantitative estimate of drug-likeness (QED) is 0.808. The Hall–Kier alpha value is -1.07. The van der Waals surface area contributed by atoms with Crippen LogP contribution in [0, 0.1) is 6.92 Å². The number of halogens is 2. The Bertz CT molecular complexity index is 486. The molecule has 0 spiro atoms. The van der Waals surface area contributed by atoms with E-state index in [1.807, 2.05) is 12.1 Å². The normalized spacial score (nSPS) is 10.3. The summed E-state index contributed by atoms with van der Waals surface area (Å²) in [6.07, 6.45) is 0. The zero-order chi connectivity index (χ0) is 10.8. The molecule has 2 aromatic rings. The molecule has 4 nitrogen and oxygen atoms in total. The summed E-state index contributed by atoms with van der Waals surface area (Å²) < 4.78 is 0.908. The van der Waals surface area contributed by atoms with Crippen molar-refractivity contribution in [3.8, 4) is 11.4 Å². The highest BCUT2D eigenvalue weighted by Gasteiger charge is 2.08. The van der Waals surface area contributed by atoms with Gasteiger partial charge in [0.2, 0.25) is 5.82 Å². The van der Waals surface area contributed by atoms with Crippen LogP contribution in [0.1, 0.15) is 5.82 Å². The largest absolute Gasteiger partial charge is 0.205 e. The predicted octanol–water partition coefficient (Wildman–Crippen LogP) is 2.66. The first kappa shape index (κ1) is 10.4. The third-order valence-corrected chi connectivity index (χ3v) is 2.57. The van der Waals surface area contributed by atoms with Gasteiger partial charge >= 0.3 is 0 Å². The minimum absolute atomic E-state index is 0.423. The van der Waals surface area contributed by atoms with Gasteiger partial charge in [-0.3, -0.25) is 0 Å². The van der Waals surface area contributed by atoms with Crippen LogP contribution in [-0.2, 0) is 0 Å². The zero-order valence-electron chi connectivity index (χ0n) is 7.78. The van der Waals surface area contributed by atoms with Gasteiger partial charge in [-0.1, -0.05) is 27.5 Å². The first-order valence-corrected chi connectivity index (χ1v) is 5.33. The van der Waals surface area contributed by atoms with Crippen molar-refractivity contribution in [1.29, 1.82) is 0 Å². The van der Waals surface area contributed by atoms with Crippen molar-refractivity contribution in [1.82, 2.24) is 20.4 Å². The summed E-state index contributed by atoms with van der Waals surface area (Å²) in [5, 5.41) is 16.1. The number of benzene rings is 1. The second-order valence-corrected chi connectivity index (χ2v) is 4.22. The van der Waals surface area contributed by atoms with E-state index >= 15 is 0 Å². The van der Waals surface area contributed by atoms with Crippen molar-refractivity contribution in [3.05, 3.63) is 33.5 Å². The summed E-state index contributed by atoms with van der Waals surface area (Å²) in [4.78, 5) is 0. The number of rotatable bonds is 1. The molecule has 0 unspecified atom stereocenters. The molecule has 0 N–H and O–H groups in total. The lowest BCUT2D eigenvalue weighted by Crippen LogP contribution is -1.98. The number of hydrogen-bond donors (Lipinski definition) is 0. The lowest BCUT2D eigenvalue weighted by molar-refractivity contribution is 0.816. The van der Waals surface area contributed by atoms with Gasteiger partial charge in [-0.2, -0.15) is 0 Å². The fraction of sp³-hybridized carbons (Fsp3) is 0.111. The molecule has 76 valence electrons. The highest BCUT2D eigenvalue weighted by Crippen LogP contribution is 2.27. The van der Waals surface area contributed by atoms with E-state index in [1.54, 1.807) is 13.0 Å². The summed E-state index contributed by atoms with van der Waals surface area (Å²) >= 11 is 9.37. The van der Waals surface area contributed by atoms with Gasteiger partial charge in [0.05, 0.1) is 5.02 Å². The fourth-order valence-corrected chi connectivity index (χ4v) is 1.62. The van der Waals surface area contributed by atoms with Gasteiger partial charge in [0.15, 0.2) is 5.82 Å². The van der Waals surface area contributed by atoms with Gasteiger partial charge in [0, 0.05) is 10.0 Å². The number of nitrogens with zero attached hydrogens (tertiary/aromatic N) is 4. The van der Waals surface area contributed by atoms with E-state index in [0.29, 0.717) is 22.2 Å². The second kappa shape index (κ2) is 4.20. The van der Waals surface area contributed by atoms with Gasteiger partial charge in [-0.25, -0.2) is 0 Å². The molecule has 1 heterocycles. The maximum atomic E-state index is 6.01. The Morgan fingerprint density at radius 3 is 2.47 bits per heavy atom. The lowest BCUT2D eigenvalue weighted by atomic mass is 10.2. The first-order chi connectivity index (χ1) is 7.16. The smallest absolute Gasteiger partial charge is 0.131 e. The van der Waals surface area contributed by atoms with E-state index in [2.05, 4.69) is 36.3 Å². The predicted molar refractivity (Wildman–Crippen MR) is 60.5 cm³/mol. The van der Waals surface area contributed by atoms with Gasteiger partial charge in [0.1, 0.15) is 0 Å². The van der Waals surface area contributed by atoms with Crippen LogP contribution in [0.3, 0.4) is 0 Å². The van der Waals surface area contributed by atoms with Gasteiger partial charge < -0.3 is 0 Å². The average Bonchev–Trinajstić information content (AvgIpc) is 2.23. The van der Waals surface area contributed by atoms with Gasteiger partial charge in [-0.05, 0) is 25.1 Å². The highest BCUT2D eigenvalue weighted by molar-refractivity contribution is 9.10. The van der Waals surface area contributed by atoms with Crippen LogP contribution in [0.2, 0.25) is 5.02 Å². The third-order valence-electron chi connectivity index (χ3n) is 1.75. The van der Waals surface area contributed by atoms with Gasteiger partial charge in [0.25, 0.3) is 0 Å². The number of aryl methyl sites for hydroxylation is 1. The Labute approximate surface area is 99.8 Å². The van der Waals surface area contributed by atoms with Crippen molar-refractivity contribution < 1.29 is 0 Å². The van der Waals surface area contributed by atoms with E-state index in [9.17, 15) is 0 Å². The molecule has 1 aromatic heterocycles. The Balaban J connectivity index is 2.53. The summed E-state index contributed by atoms with van der Waals surface area (Å²) in [6.45, 7) is 1.73. The molecule has 0 aliphatic heterocycles. The van der Waals surface area contributed by atoms with Crippen molar-refractivity contribution in [2.24, 2.45) is 0 Å². The standard InChI is InChI=1S/C9H6BrClN4/c1-5-12-14-9(15-13-5)7-4-6(10)2-3-8(7)11/h2-4H,1H3. The molecule has 15 heavy (non-hydrogen) atoms. The SMILES string of the molecule is Cc1nnc(-c2cc(Br)ccc2Cl)nn1. The molecule has 6 heteroatoms. The molecule has 0 atom stereocenters. The Morgan fingerprint density at radius 1 is 1.13 bits per heavy atom. The van der Waals surface area contributed by atoms with Crippen LogP contribution in [0.15, 0.2) is 22.7 Å². The van der Waals surface area contributed by atoms with Crippen LogP contribution >= 0.6 is 27.5 Å². The van der Waals surface area contributed by atoms with Crippen molar-refractivity contribution in [2.75, 3.05) is 0 Å². The van der Waals surface area contributed by atoms with E-state index in [4.69, 9.17) is 11.6 Å². The zero-order valence-corrected chi connectivity index (χ0v) is 10.1. The number of hydrogen-bond acceptors (Lipinski definition) is 4. The van der Waals surface area contributed by atoms with E-state index < -0.39 is 0 Å². The third kappa shape index (κ3) is 2.30. The molecule has 0 aliphatic carbocycles. The number of aromatic nitrogens is 4. The van der Waals surface area contributed by atoms with Crippen LogP contribution in [0.5, 0.6) is 0 Å². The van der Waals surface area contributed by atoms with Crippen molar-refractivity contribution >= 4 is 27.5 Å². The minimum Gasteiger partial charge on any atom is -0.131 e. The molecule has 1 aromatic carbocycles. The van der Waals surface area contributed by atoms with Crippen LogP contribution in [0.25, 0.3) is 11.4 Å². The fourth-order valence-electron chi connectivity index (χ4n) is 1.06. The summed E-state index contributed by atoms with van der Waals surface area (Å²) in [5.41, 5.74) is 0.714. The van der Waals surface area contributed by atoms with Crippen molar-refractivity contribution in [3.63, 3.8) is 0 Å². The molecular weight excluding hydrogens is 279 g/mol. The maximum Gasteiger partial charge on any atom is 0.205 e. The summed E-state index contributed by atoms with van der Waals surface area (Å²) in [7, 11) is 0. The summed E-state index contributed by atoms with van der Waals surface area (Å²) in [5.74, 6) is 0.955. The molecule has 0 bridgehead atoms. The highest BCUT2D eigenvalue weighted by atomic mass is 79.9. The molecule has 0 amide bonds. The topological polar surface area (TPSA) is 51.6 Å². The minimum atomic E-state index is 0.423. The van der Waals surface area contributed by atoms with E-state index in [1.165, 1.54) is 0 Å². The monoisotopic (exact) mass is 284 g/mol. The van der Waals surface area contributed by atoms with Gasteiger partial charge in [-0.15, -0.1) is 20.4 Å².